The molecular weight excluding hydrogens is 283 g/mol. The molecule has 1 aliphatic rings. The van der Waals surface area contributed by atoms with Gasteiger partial charge in [0.15, 0.2) is 0 Å². The molecule has 0 bridgehead atoms. The van der Waals surface area contributed by atoms with E-state index in [1.807, 2.05) is 0 Å². The minimum absolute atomic E-state index is 0.131. The third-order valence-electron chi connectivity index (χ3n) is 2.98. The molecule has 0 radical (unpaired) electrons. The Bertz CT molecular complexity index is 560. The highest BCUT2D eigenvalue weighted by atomic mass is 19.4. The number of aliphatic hydroxyl groups excluding tert-OH is 2. The van der Waals surface area contributed by atoms with Crippen LogP contribution in [-0.4, -0.2) is 38.6 Å². The highest BCUT2D eigenvalue weighted by Gasteiger charge is 2.38. The third-order valence-corrected chi connectivity index (χ3v) is 2.98. The topological polar surface area (TPSA) is 111 Å². The number of nitrogens with zero attached hydrogens (tertiary/aromatic N) is 2. The Labute approximate surface area is 110 Å². The minimum atomic E-state index is -4.76. The van der Waals surface area contributed by atoms with Gasteiger partial charge in [0.1, 0.15) is 23.7 Å². The van der Waals surface area contributed by atoms with Gasteiger partial charge in [-0.25, -0.2) is 4.79 Å². The van der Waals surface area contributed by atoms with E-state index in [1.165, 1.54) is 0 Å². The number of hydrogen-bond acceptors (Lipinski definition) is 6. The number of rotatable bonds is 2. The number of anilines is 1. The molecule has 1 fully saturated rings. The Morgan fingerprint density at radius 2 is 2.20 bits per heavy atom. The van der Waals surface area contributed by atoms with Gasteiger partial charge < -0.3 is 20.7 Å². The normalized spacial score (nSPS) is 26.9. The maximum atomic E-state index is 12.7. The zero-order valence-corrected chi connectivity index (χ0v) is 10.0. The number of alkyl halides is 3. The molecule has 3 atom stereocenters. The largest absolute Gasteiger partial charge is 0.421 e. The number of nitrogen functional groups attached to an aromatic ring is 1. The van der Waals surface area contributed by atoms with Gasteiger partial charge >= 0.3 is 11.9 Å². The summed E-state index contributed by atoms with van der Waals surface area (Å²) in [5.41, 5.74) is 2.80. The van der Waals surface area contributed by atoms with Crippen LogP contribution < -0.4 is 11.4 Å². The van der Waals surface area contributed by atoms with Crippen LogP contribution in [0.25, 0.3) is 0 Å². The van der Waals surface area contributed by atoms with Crippen LogP contribution in [0.2, 0.25) is 0 Å². The summed E-state index contributed by atoms with van der Waals surface area (Å²) >= 11 is 0. The SMILES string of the molecule is Nc1nc(=O)n([C@@H]2CC(O)[C@H](CO)O2)cc1C(F)(F)F. The summed E-state index contributed by atoms with van der Waals surface area (Å²) in [6.45, 7) is -0.513. The Hall–Kier alpha value is -1.65. The highest BCUT2D eigenvalue weighted by Crippen LogP contribution is 2.33. The quantitative estimate of drug-likeness (QED) is 0.677. The zero-order valence-electron chi connectivity index (χ0n) is 10.0. The molecule has 1 aliphatic heterocycles. The summed E-state index contributed by atoms with van der Waals surface area (Å²) in [7, 11) is 0. The van der Waals surface area contributed by atoms with Crippen LogP contribution >= 0.6 is 0 Å². The summed E-state index contributed by atoms with van der Waals surface area (Å²) in [6.07, 6.45) is -7.57. The second-order valence-corrected chi connectivity index (χ2v) is 4.34. The van der Waals surface area contributed by atoms with Gasteiger partial charge in [-0.15, -0.1) is 0 Å². The summed E-state index contributed by atoms with van der Waals surface area (Å²) in [5, 5.41) is 18.4. The Morgan fingerprint density at radius 3 is 2.70 bits per heavy atom. The first-order chi connectivity index (χ1) is 9.24. The van der Waals surface area contributed by atoms with Gasteiger partial charge in [-0.05, 0) is 0 Å². The Morgan fingerprint density at radius 1 is 1.55 bits per heavy atom. The van der Waals surface area contributed by atoms with Crippen molar-refractivity contribution in [2.45, 2.75) is 31.0 Å². The number of ether oxygens (including phenoxy) is 1. The summed E-state index contributed by atoms with van der Waals surface area (Å²) in [4.78, 5) is 14.7. The smallest absolute Gasteiger partial charge is 0.394 e. The highest BCUT2D eigenvalue weighted by molar-refractivity contribution is 5.39. The molecule has 4 N–H and O–H groups in total. The van der Waals surface area contributed by atoms with Gasteiger partial charge in [-0.2, -0.15) is 18.2 Å². The molecular formula is C10H12F3N3O4. The van der Waals surface area contributed by atoms with Crippen molar-refractivity contribution in [2.75, 3.05) is 12.3 Å². The maximum Gasteiger partial charge on any atom is 0.421 e. The van der Waals surface area contributed by atoms with Gasteiger partial charge in [0.05, 0.1) is 12.7 Å². The fourth-order valence-corrected chi connectivity index (χ4v) is 1.96. The first-order valence-corrected chi connectivity index (χ1v) is 5.64. The van der Waals surface area contributed by atoms with Crippen LogP contribution in [0, 0.1) is 0 Å². The predicted octanol–water partition coefficient (Wildman–Crippen LogP) is -0.515. The lowest BCUT2D eigenvalue weighted by Gasteiger charge is -2.17. The lowest BCUT2D eigenvalue weighted by molar-refractivity contribution is -0.138. The summed E-state index contributed by atoms with van der Waals surface area (Å²) < 4.78 is 43.8. The van der Waals surface area contributed by atoms with Gasteiger partial charge in [-0.1, -0.05) is 0 Å². The van der Waals surface area contributed by atoms with Crippen LogP contribution in [0.15, 0.2) is 11.0 Å². The number of hydrogen-bond donors (Lipinski definition) is 3. The number of aliphatic hydroxyl groups is 2. The Kier molecular flexibility index (Phi) is 3.71. The van der Waals surface area contributed by atoms with Crippen molar-refractivity contribution < 1.29 is 28.1 Å². The molecule has 1 saturated heterocycles. The summed E-state index contributed by atoms with van der Waals surface area (Å²) in [5.74, 6) is -0.920. The first-order valence-electron chi connectivity index (χ1n) is 5.64. The molecule has 0 aliphatic carbocycles. The maximum absolute atomic E-state index is 12.7. The van der Waals surface area contributed by atoms with Gasteiger partial charge in [0, 0.05) is 12.6 Å². The third kappa shape index (κ3) is 2.62. The number of nitrogens with two attached hydrogens (primary N) is 1. The van der Waals surface area contributed by atoms with Crippen LogP contribution in [0.4, 0.5) is 19.0 Å². The van der Waals surface area contributed by atoms with Crippen LogP contribution in [-0.2, 0) is 10.9 Å². The standard InChI is InChI=1S/C10H12F3N3O4/c11-10(12,13)4-2-16(9(19)15-8(4)14)7-1-5(18)6(3-17)20-7/h2,5-7,17-18H,1,3H2,(H2,14,15,19)/t5?,6-,7-/m0/s1. The molecule has 0 amide bonds. The predicted molar refractivity (Wildman–Crippen MR) is 59.5 cm³/mol. The molecule has 2 rings (SSSR count). The van der Waals surface area contributed by atoms with E-state index in [2.05, 4.69) is 4.98 Å². The van der Waals surface area contributed by atoms with Crippen LogP contribution in [0.5, 0.6) is 0 Å². The molecule has 112 valence electrons. The molecule has 10 heteroatoms. The van der Waals surface area contributed by atoms with E-state index in [-0.39, 0.29) is 6.42 Å². The second kappa shape index (κ2) is 5.04. The van der Waals surface area contributed by atoms with Gasteiger partial charge in [0.25, 0.3) is 0 Å². The average Bonchev–Trinajstić information content (AvgIpc) is 2.68. The molecule has 7 nitrogen and oxygen atoms in total. The van der Waals surface area contributed by atoms with E-state index in [1.54, 1.807) is 0 Å². The Balaban J connectivity index is 2.41. The lowest BCUT2D eigenvalue weighted by atomic mass is 10.2. The molecule has 1 unspecified atom stereocenters. The molecule has 20 heavy (non-hydrogen) atoms. The van der Waals surface area contributed by atoms with E-state index in [0.29, 0.717) is 10.8 Å². The molecule has 1 aromatic rings. The molecule has 1 aromatic heterocycles. The average molecular weight is 295 g/mol. The monoisotopic (exact) mass is 295 g/mol. The van der Waals surface area contributed by atoms with Crippen LogP contribution in [0.3, 0.4) is 0 Å². The number of halogens is 3. The van der Waals surface area contributed by atoms with Crippen molar-refractivity contribution >= 4 is 5.82 Å². The van der Waals surface area contributed by atoms with E-state index >= 15 is 0 Å². The molecule has 0 spiro atoms. The minimum Gasteiger partial charge on any atom is -0.394 e. The van der Waals surface area contributed by atoms with Crippen molar-refractivity contribution in [3.05, 3.63) is 22.2 Å². The lowest BCUT2D eigenvalue weighted by Crippen LogP contribution is -2.30. The van der Waals surface area contributed by atoms with Gasteiger partial charge in [0.2, 0.25) is 0 Å². The van der Waals surface area contributed by atoms with E-state index in [9.17, 15) is 23.1 Å². The first kappa shape index (κ1) is 14.8. The number of aromatic nitrogens is 2. The van der Waals surface area contributed by atoms with Crippen LogP contribution in [0.1, 0.15) is 18.2 Å². The fraction of sp³-hybridized carbons (Fsp3) is 0.600. The van der Waals surface area contributed by atoms with Gasteiger partial charge in [-0.3, -0.25) is 4.57 Å². The molecule has 2 heterocycles. The van der Waals surface area contributed by atoms with Crippen molar-refractivity contribution in [2.24, 2.45) is 0 Å². The second-order valence-electron chi connectivity index (χ2n) is 4.34. The fourth-order valence-electron chi connectivity index (χ4n) is 1.96. The zero-order chi connectivity index (χ0) is 15.1. The van der Waals surface area contributed by atoms with Crippen molar-refractivity contribution in [3.8, 4) is 0 Å². The molecule has 0 saturated carbocycles. The van der Waals surface area contributed by atoms with E-state index in [0.717, 1.165) is 0 Å². The molecule has 0 aromatic carbocycles. The van der Waals surface area contributed by atoms with E-state index in [4.69, 9.17) is 15.6 Å². The van der Waals surface area contributed by atoms with Crippen molar-refractivity contribution in [3.63, 3.8) is 0 Å². The summed E-state index contributed by atoms with van der Waals surface area (Å²) in [6, 6.07) is 0. The van der Waals surface area contributed by atoms with Crippen molar-refractivity contribution in [1.29, 1.82) is 0 Å². The van der Waals surface area contributed by atoms with Crippen molar-refractivity contribution in [1.82, 2.24) is 9.55 Å². The van der Waals surface area contributed by atoms with E-state index < -0.39 is 48.3 Å².